The molecule has 1 atom stereocenters. The van der Waals surface area contributed by atoms with Crippen LogP contribution in [0.4, 0.5) is 4.39 Å². The molecule has 1 aromatic carbocycles. The van der Waals surface area contributed by atoms with Crippen molar-refractivity contribution in [2.75, 3.05) is 0 Å². The molecule has 0 aliphatic carbocycles. The number of hydrogen-bond donors (Lipinski definition) is 0. The van der Waals surface area contributed by atoms with Crippen LogP contribution in [0.5, 0.6) is 5.75 Å². The van der Waals surface area contributed by atoms with Crippen LogP contribution in [0.1, 0.15) is 49.9 Å². The van der Waals surface area contributed by atoms with Gasteiger partial charge in [0.1, 0.15) is 17.2 Å². The van der Waals surface area contributed by atoms with Crippen molar-refractivity contribution >= 4 is 5.78 Å². The zero-order valence-electron chi connectivity index (χ0n) is 10.3. The van der Waals surface area contributed by atoms with Gasteiger partial charge in [0.2, 0.25) is 0 Å². The molecule has 1 aliphatic heterocycles. The van der Waals surface area contributed by atoms with E-state index in [1.165, 1.54) is 18.2 Å². The molecule has 0 aromatic heterocycles. The minimum Gasteiger partial charge on any atom is -0.486 e. The summed E-state index contributed by atoms with van der Waals surface area (Å²) in [6.07, 6.45) is 2.94. The van der Waals surface area contributed by atoms with Crippen LogP contribution in [0.3, 0.4) is 0 Å². The number of fused-ring (bicyclic) bond motifs is 1. The van der Waals surface area contributed by atoms with Crippen molar-refractivity contribution in [1.82, 2.24) is 0 Å². The number of ether oxygens (including phenoxy) is 1. The molecule has 0 amide bonds. The van der Waals surface area contributed by atoms with E-state index in [0.29, 0.717) is 17.7 Å². The molecular weight excluding hydrogens is 219 g/mol. The number of ketones is 1. The molecule has 17 heavy (non-hydrogen) atoms. The highest BCUT2D eigenvalue weighted by Crippen LogP contribution is 2.38. The predicted octanol–water partition coefficient (Wildman–Crippen LogP) is 3.74. The summed E-state index contributed by atoms with van der Waals surface area (Å²) in [6.45, 7) is 4.07. The molecular formula is C14H17FO2. The van der Waals surface area contributed by atoms with Gasteiger partial charge in [-0.15, -0.1) is 0 Å². The Hall–Kier alpha value is -1.38. The Kier molecular flexibility index (Phi) is 3.18. The number of carbonyl (C=O) groups is 1. The van der Waals surface area contributed by atoms with E-state index in [0.717, 1.165) is 19.3 Å². The van der Waals surface area contributed by atoms with Crippen LogP contribution in [-0.4, -0.2) is 11.4 Å². The van der Waals surface area contributed by atoms with E-state index >= 15 is 0 Å². The highest BCUT2D eigenvalue weighted by atomic mass is 19.1. The number of benzene rings is 1. The van der Waals surface area contributed by atoms with Crippen molar-refractivity contribution in [3.8, 4) is 5.75 Å². The third kappa shape index (κ3) is 2.19. The zero-order chi connectivity index (χ0) is 12.5. The van der Waals surface area contributed by atoms with E-state index in [4.69, 9.17) is 4.74 Å². The fraction of sp³-hybridized carbons (Fsp3) is 0.500. The van der Waals surface area contributed by atoms with Crippen LogP contribution in [0.25, 0.3) is 0 Å². The first kappa shape index (κ1) is 12.1. The van der Waals surface area contributed by atoms with Crippen LogP contribution in [0.2, 0.25) is 0 Å². The van der Waals surface area contributed by atoms with Crippen LogP contribution in [0.15, 0.2) is 18.2 Å². The van der Waals surface area contributed by atoms with Crippen LogP contribution in [-0.2, 0) is 0 Å². The summed E-state index contributed by atoms with van der Waals surface area (Å²) in [7, 11) is 0. The maximum Gasteiger partial charge on any atom is 0.170 e. The van der Waals surface area contributed by atoms with Gasteiger partial charge in [-0.3, -0.25) is 4.79 Å². The van der Waals surface area contributed by atoms with Crippen LogP contribution in [0, 0.1) is 5.82 Å². The van der Waals surface area contributed by atoms with Gasteiger partial charge in [-0.1, -0.05) is 20.3 Å². The minimum atomic E-state index is -0.438. The molecule has 0 fully saturated rings. The molecule has 2 rings (SSSR count). The molecule has 1 aliphatic rings. The predicted molar refractivity (Wildman–Crippen MR) is 63.9 cm³/mol. The monoisotopic (exact) mass is 236 g/mol. The molecule has 1 aromatic rings. The normalized spacial score (nSPS) is 23.1. The van der Waals surface area contributed by atoms with E-state index in [-0.39, 0.29) is 11.6 Å². The molecule has 1 heterocycles. The number of halogens is 1. The van der Waals surface area contributed by atoms with Crippen molar-refractivity contribution in [2.45, 2.75) is 45.1 Å². The lowest BCUT2D eigenvalue weighted by molar-refractivity contribution is 0.0308. The van der Waals surface area contributed by atoms with Crippen molar-refractivity contribution in [1.29, 1.82) is 0 Å². The summed E-state index contributed by atoms with van der Waals surface area (Å²) in [6, 6.07) is 4.13. The summed E-state index contributed by atoms with van der Waals surface area (Å²) >= 11 is 0. The fourth-order valence-electron chi connectivity index (χ4n) is 2.44. The van der Waals surface area contributed by atoms with E-state index in [1.807, 2.05) is 6.92 Å². The Morgan fingerprint density at radius 3 is 2.82 bits per heavy atom. The summed E-state index contributed by atoms with van der Waals surface area (Å²) in [5, 5.41) is 0. The number of Topliss-reactive ketones (excluding diaryl/α,β-unsaturated/α-hetero) is 1. The Bertz CT molecular complexity index is 442. The number of hydrogen-bond acceptors (Lipinski definition) is 2. The molecule has 0 saturated carbocycles. The third-order valence-corrected chi connectivity index (χ3v) is 3.40. The van der Waals surface area contributed by atoms with Crippen LogP contribution < -0.4 is 4.74 Å². The van der Waals surface area contributed by atoms with Crippen molar-refractivity contribution in [3.63, 3.8) is 0 Å². The summed E-state index contributed by atoms with van der Waals surface area (Å²) in [4.78, 5) is 12.0. The minimum absolute atomic E-state index is 0.0570. The summed E-state index contributed by atoms with van der Waals surface area (Å²) < 4.78 is 19.1. The van der Waals surface area contributed by atoms with Gasteiger partial charge in [-0.05, 0) is 25.0 Å². The lowest BCUT2D eigenvalue weighted by Gasteiger charge is -2.37. The van der Waals surface area contributed by atoms with E-state index in [9.17, 15) is 9.18 Å². The van der Waals surface area contributed by atoms with Gasteiger partial charge in [0.05, 0.1) is 12.0 Å². The van der Waals surface area contributed by atoms with Crippen molar-refractivity contribution < 1.29 is 13.9 Å². The zero-order valence-corrected chi connectivity index (χ0v) is 10.3. The molecule has 0 N–H and O–H groups in total. The largest absolute Gasteiger partial charge is 0.486 e. The summed E-state index contributed by atoms with van der Waals surface area (Å²) in [5.41, 5.74) is 0.0682. The van der Waals surface area contributed by atoms with Gasteiger partial charge in [0.15, 0.2) is 5.78 Å². The molecule has 92 valence electrons. The van der Waals surface area contributed by atoms with Gasteiger partial charge in [-0.25, -0.2) is 4.39 Å². The smallest absolute Gasteiger partial charge is 0.170 e. The quantitative estimate of drug-likeness (QED) is 0.799. The van der Waals surface area contributed by atoms with Crippen molar-refractivity contribution in [2.24, 2.45) is 0 Å². The second-order valence-corrected chi connectivity index (χ2v) is 4.63. The number of rotatable bonds is 3. The molecule has 2 nitrogen and oxygen atoms in total. The second kappa shape index (κ2) is 4.47. The van der Waals surface area contributed by atoms with Crippen LogP contribution >= 0.6 is 0 Å². The Morgan fingerprint density at radius 2 is 2.18 bits per heavy atom. The maximum absolute atomic E-state index is 13.2. The molecule has 0 radical (unpaired) electrons. The molecule has 0 spiro atoms. The lowest BCUT2D eigenvalue weighted by Crippen LogP contribution is -2.41. The molecule has 0 saturated heterocycles. The average Bonchev–Trinajstić information content (AvgIpc) is 2.28. The highest BCUT2D eigenvalue weighted by molar-refractivity contribution is 6.00. The molecule has 1 unspecified atom stereocenters. The first-order chi connectivity index (χ1) is 8.10. The second-order valence-electron chi connectivity index (χ2n) is 4.63. The van der Waals surface area contributed by atoms with Gasteiger partial charge < -0.3 is 4.74 Å². The van der Waals surface area contributed by atoms with E-state index < -0.39 is 5.60 Å². The standard InChI is InChI=1S/C14H17FO2/c1-3-7-14(4-2)9-12(16)11-6-5-10(15)8-13(11)17-14/h5-6,8H,3-4,7,9H2,1-2H3. The SMILES string of the molecule is CCCC1(CC)CC(=O)c2ccc(F)cc2O1. The topological polar surface area (TPSA) is 26.3 Å². The maximum atomic E-state index is 13.2. The average molecular weight is 236 g/mol. The molecule has 0 bridgehead atoms. The Morgan fingerprint density at radius 1 is 1.41 bits per heavy atom. The van der Waals surface area contributed by atoms with Gasteiger partial charge in [0.25, 0.3) is 0 Å². The first-order valence-electron chi connectivity index (χ1n) is 6.12. The fourth-order valence-corrected chi connectivity index (χ4v) is 2.44. The summed E-state index contributed by atoms with van der Waals surface area (Å²) in [5.74, 6) is 0.0954. The third-order valence-electron chi connectivity index (χ3n) is 3.40. The number of carbonyl (C=O) groups excluding carboxylic acids is 1. The van der Waals surface area contributed by atoms with Crippen molar-refractivity contribution in [3.05, 3.63) is 29.6 Å². The Balaban J connectivity index is 2.40. The Labute approximate surface area is 101 Å². The molecule has 3 heteroatoms. The lowest BCUT2D eigenvalue weighted by atomic mass is 9.84. The highest BCUT2D eigenvalue weighted by Gasteiger charge is 2.38. The first-order valence-corrected chi connectivity index (χ1v) is 6.12. The van der Waals surface area contributed by atoms with E-state index in [2.05, 4.69) is 6.92 Å². The van der Waals surface area contributed by atoms with Gasteiger partial charge in [-0.2, -0.15) is 0 Å². The van der Waals surface area contributed by atoms with Gasteiger partial charge in [0, 0.05) is 6.07 Å². The van der Waals surface area contributed by atoms with Gasteiger partial charge >= 0.3 is 0 Å². The van der Waals surface area contributed by atoms with E-state index in [1.54, 1.807) is 0 Å².